The van der Waals surface area contributed by atoms with Gasteiger partial charge in [0.25, 0.3) is 0 Å². The van der Waals surface area contributed by atoms with Gasteiger partial charge in [-0.15, -0.1) is 4.65 Å². The predicted octanol–water partition coefficient (Wildman–Crippen LogP) is 1.65. The molecule has 0 fully saturated rings. The number of amides is 1. The van der Waals surface area contributed by atoms with Gasteiger partial charge in [-0.1, -0.05) is 30.3 Å². The predicted molar refractivity (Wildman–Crippen MR) is 64.0 cm³/mol. The molecule has 0 spiro atoms. The molecule has 0 saturated heterocycles. The van der Waals surface area contributed by atoms with Crippen molar-refractivity contribution in [3.8, 4) is 0 Å². The summed E-state index contributed by atoms with van der Waals surface area (Å²) in [6, 6.07) is 9.03. The Labute approximate surface area is 100 Å². The molecular weight excluding hydrogens is 218 g/mol. The van der Waals surface area contributed by atoms with E-state index in [9.17, 15) is 14.8 Å². The monoisotopic (exact) mass is 234 g/mol. The van der Waals surface area contributed by atoms with Gasteiger partial charge in [-0.25, -0.2) is 10.0 Å². The summed E-state index contributed by atoms with van der Waals surface area (Å²) in [4.78, 5) is 22.8. The zero-order chi connectivity index (χ0) is 12.9. The molecule has 1 amide bonds. The van der Waals surface area contributed by atoms with E-state index >= 15 is 0 Å². The Morgan fingerprint density at radius 2 is 1.94 bits per heavy atom. The van der Waals surface area contributed by atoms with Crippen LogP contribution in [0.2, 0.25) is 0 Å². The number of nitrogens with zero attached hydrogens (tertiary/aromatic N) is 1. The lowest BCUT2D eigenvalue weighted by molar-refractivity contribution is -1.02. The van der Waals surface area contributed by atoms with E-state index in [1.807, 2.05) is 18.2 Å². The summed E-state index contributed by atoms with van der Waals surface area (Å²) in [6.07, 6.45) is 1.94. The summed E-state index contributed by atoms with van der Waals surface area (Å²) >= 11 is 0. The van der Waals surface area contributed by atoms with Crippen LogP contribution < -0.4 is 0 Å². The van der Waals surface area contributed by atoms with Crippen molar-refractivity contribution in [1.29, 1.82) is 0 Å². The van der Waals surface area contributed by atoms with Crippen LogP contribution in [0.25, 0.3) is 6.08 Å². The maximum atomic E-state index is 11.9. The smallest absolute Gasteiger partial charge is 0.297 e. The molecule has 0 aromatic heterocycles. The van der Waals surface area contributed by atoms with Crippen molar-refractivity contribution >= 4 is 18.3 Å². The molecule has 1 N–H and O–H groups in total. The van der Waals surface area contributed by atoms with Gasteiger partial charge in [0.1, 0.15) is 19.2 Å². The minimum absolute atomic E-state index is 0.0388. The van der Waals surface area contributed by atoms with Gasteiger partial charge in [-0.05, 0) is 18.6 Å². The summed E-state index contributed by atoms with van der Waals surface area (Å²) in [6.45, 7) is 1.88. The second-order valence-corrected chi connectivity index (χ2v) is 3.89. The SMILES string of the molecule is CC[N+](C)(O)C(=O)C(C=O)=Cc1ccccc1. The lowest BCUT2D eigenvalue weighted by Gasteiger charge is -2.20. The Kier molecular flexibility index (Phi) is 4.31. The number of hydroxylamine groups is 3. The van der Waals surface area contributed by atoms with E-state index < -0.39 is 10.6 Å². The van der Waals surface area contributed by atoms with E-state index in [0.29, 0.717) is 6.29 Å². The first kappa shape index (κ1) is 13.3. The Balaban J connectivity index is 3.05. The highest BCUT2D eigenvalue weighted by molar-refractivity contribution is 6.11. The van der Waals surface area contributed by atoms with Crippen LogP contribution >= 0.6 is 0 Å². The molecule has 0 aliphatic rings. The van der Waals surface area contributed by atoms with E-state index in [2.05, 4.69) is 0 Å². The number of carbonyl (C=O) groups excluding carboxylic acids is 2. The third-order valence-electron chi connectivity index (χ3n) is 2.55. The van der Waals surface area contributed by atoms with E-state index in [1.54, 1.807) is 19.1 Å². The van der Waals surface area contributed by atoms with E-state index in [1.165, 1.54) is 13.1 Å². The number of likely N-dealkylation sites (N-methyl/N-ethyl adjacent to an activating group) is 1. The first-order chi connectivity index (χ1) is 8.01. The summed E-state index contributed by atoms with van der Waals surface area (Å²) in [5.74, 6) is -0.605. The van der Waals surface area contributed by atoms with Crippen LogP contribution in [0.4, 0.5) is 0 Å². The fourth-order valence-corrected chi connectivity index (χ4v) is 1.30. The maximum Gasteiger partial charge on any atom is 0.380 e. The van der Waals surface area contributed by atoms with Crippen molar-refractivity contribution in [2.75, 3.05) is 13.6 Å². The molecule has 0 bridgehead atoms. The highest BCUT2D eigenvalue weighted by Crippen LogP contribution is 2.10. The molecule has 0 aliphatic heterocycles. The number of benzene rings is 1. The average Bonchev–Trinajstić information content (AvgIpc) is 2.36. The van der Waals surface area contributed by atoms with Crippen molar-refractivity contribution in [3.63, 3.8) is 0 Å². The molecule has 1 rings (SSSR count). The van der Waals surface area contributed by atoms with Crippen molar-refractivity contribution in [2.24, 2.45) is 0 Å². The van der Waals surface area contributed by atoms with Gasteiger partial charge < -0.3 is 0 Å². The van der Waals surface area contributed by atoms with Crippen LogP contribution in [-0.2, 0) is 9.59 Å². The number of carbonyl (C=O) groups is 2. The molecule has 90 valence electrons. The third kappa shape index (κ3) is 3.34. The highest BCUT2D eigenvalue weighted by Gasteiger charge is 2.31. The first-order valence-electron chi connectivity index (χ1n) is 5.36. The van der Waals surface area contributed by atoms with Crippen LogP contribution in [0, 0.1) is 0 Å². The van der Waals surface area contributed by atoms with Gasteiger partial charge in [0.15, 0.2) is 6.29 Å². The van der Waals surface area contributed by atoms with Gasteiger partial charge >= 0.3 is 5.91 Å². The maximum absolute atomic E-state index is 11.9. The second-order valence-electron chi connectivity index (χ2n) is 3.89. The number of hydrogen-bond acceptors (Lipinski definition) is 3. The topological polar surface area (TPSA) is 54.4 Å². The molecule has 0 aliphatic carbocycles. The zero-order valence-electron chi connectivity index (χ0n) is 9.96. The molecular formula is C13H16NO3+. The summed E-state index contributed by atoms with van der Waals surface area (Å²) < 4.78 is -0.822. The lowest BCUT2D eigenvalue weighted by Crippen LogP contribution is -2.46. The standard InChI is InChI=1S/C13H16NO3/c1-3-14(2,17)13(16)12(10-15)9-11-7-5-4-6-8-11/h4-10,17H,3H2,1-2H3/q+1. The van der Waals surface area contributed by atoms with E-state index in [-0.39, 0.29) is 12.1 Å². The van der Waals surface area contributed by atoms with Crippen molar-refractivity contribution in [3.05, 3.63) is 41.5 Å². The number of quaternary nitrogens is 1. The van der Waals surface area contributed by atoms with Crippen LogP contribution in [0.1, 0.15) is 12.5 Å². The van der Waals surface area contributed by atoms with E-state index in [0.717, 1.165) is 5.56 Å². The molecule has 4 nitrogen and oxygen atoms in total. The van der Waals surface area contributed by atoms with Crippen LogP contribution in [0.5, 0.6) is 0 Å². The molecule has 1 aromatic carbocycles. The van der Waals surface area contributed by atoms with Crippen LogP contribution in [0.3, 0.4) is 0 Å². The first-order valence-corrected chi connectivity index (χ1v) is 5.36. The van der Waals surface area contributed by atoms with Gasteiger partial charge in [0, 0.05) is 0 Å². The minimum Gasteiger partial charge on any atom is -0.297 e. The average molecular weight is 234 g/mol. The lowest BCUT2D eigenvalue weighted by atomic mass is 10.1. The number of aldehydes is 1. The molecule has 0 radical (unpaired) electrons. The Morgan fingerprint density at radius 1 is 1.35 bits per heavy atom. The van der Waals surface area contributed by atoms with Crippen molar-refractivity contribution < 1.29 is 19.4 Å². The summed E-state index contributed by atoms with van der Waals surface area (Å²) in [5, 5.41) is 9.76. The number of hydrogen-bond donors (Lipinski definition) is 1. The zero-order valence-corrected chi connectivity index (χ0v) is 9.96. The fraction of sp³-hybridized carbons (Fsp3) is 0.231. The largest absolute Gasteiger partial charge is 0.380 e. The third-order valence-corrected chi connectivity index (χ3v) is 2.55. The minimum atomic E-state index is -0.822. The van der Waals surface area contributed by atoms with Crippen LogP contribution in [-0.4, -0.2) is 35.6 Å². The molecule has 0 heterocycles. The summed E-state index contributed by atoms with van der Waals surface area (Å²) in [5.41, 5.74) is 0.710. The molecule has 0 saturated carbocycles. The second kappa shape index (κ2) is 5.52. The number of rotatable bonds is 4. The van der Waals surface area contributed by atoms with Gasteiger partial charge in [-0.3, -0.25) is 4.79 Å². The van der Waals surface area contributed by atoms with Crippen molar-refractivity contribution in [1.82, 2.24) is 0 Å². The quantitative estimate of drug-likeness (QED) is 0.164. The van der Waals surface area contributed by atoms with Crippen LogP contribution in [0.15, 0.2) is 35.9 Å². The fourth-order valence-electron chi connectivity index (χ4n) is 1.30. The Bertz CT molecular complexity index is 435. The molecule has 4 heteroatoms. The van der Waals surface area contributed by atoms with Gasteiger partial charge in [-0.2, -0.15) is 0 Å². The highest BCUT2D eigenvalue weighted by atomic mass is 16.6. The van der Waals surface area contributed by atoms with Gasteiger partial charge in [0.05, 0.1) is 0 Å². The normalized spacial score (nSPS) is 15.1. The summed E-state index contributed by atoms with van der Waals surface area (Å²) in [7, 11) is 1.35. The van der Waals surface area contributed by atoms with E-state index in [4.69, 9.17) is 0 Å². The van der Waals surface area contributed by atoms with Gasteiger partial charge in [0.2, 0.25) is 0 Å². The molecule has 17 heavy (non-hydrogen) atoms. The Morgan fingerprint density at radius 3 is 2.41 bits per heavy atom. The molecule has 1 unspecified atom stereocenters. The van der Waals surface area contributed by atoms with Crippen molar-refractivity contribution in [2.45, 2.75) is 6.92 Å². The molecule has 1 atom stereocenters. The molecule has 1 aromatic rings. The Hall–Kier alpha value is -1.78.